The predicted octanol–water partition coefficient (Wildman–Crippen LogP) is -0.0791. The van der Waals surface area contributed by atoms with Crippen LogP contribution in [-0.4, -0.2) is 24.0 Å². The van der Waals surface area contributed by atoms with Gasteiger partial charge >= 0.3 is 11.9 Å². The first-order valence-corrected chi connectivity index (χ1v) is 4.78. The lowest BCUT2D eigenvalue weighted by Crippen LogP contribution is -2.48. The first-order valence-electron chi connectivity index (χ1n) is 4.78. The number of ether oxygens (including phenoxy) is 1. The number of esters is 2. The smallest absolute Gasteiger partial charge is 0.332 e. The molecule has 0 radical (unpaired) electrons. The fourth-order valence-corrected chi connectivity index (χ4v) is 0.940. The van der Waals surface area contributed by atoms with Crippen LogP contribution in [0.5, 0.6) is 0 Å². The topological polar surface area (TPSA) is 95.4 Å². The molecule has 5 nitrogen and oxygen atoms in total. The van der Waals surface area contributed by atoms with Crippen molar-refractivity contribution in [3.63, 3.8) is 0 Å². The van der Waals surface area contributed by atoms with E-state index in [9.17, 15) is 9.59 Å². The second-order valence-corrected chi connectivity index (χ2v) is 3.12. The minimum absolute atomic E-state index is 0.154. The zero-order valence-electron chi connectivity index (χ0n) is 8.66. The van der Waals surface area contributed by atoms with Gasteiger partial charge in [-0.1, -0.05) is 20.3 Å². The molecule has 0 aliphatic heterocycles. The summed E-state index contributed by atoms with van der Waals surface area (Å²) in [6, 6.07) is -1.36. The third-order valence-corrected chi connectivity index (χ3v) is 1.86. The van der Waals surface area contributed by atoms with Crippen LogP contribution in [0.1, 0.15) is 33.1 Å². The van der Waals surface area contributed by atoms with Crippen molar-refractivity contribution in [2.75, 3.05) is 0 Å². The molecule has 0 aliphatic rings. The number of hydrogen-bond acceptors (Lipinski definition) is 5. The van der Waals surface area contributed by atoms with Gasteiger partial charge < -0.3 is 16.2 Å². The Balaban J connectivity index is 4.04. The fourth-order valence-electron chi connectivity index (χ4n) is 0.940. The van der Waals surface area contributed by atoms with Crippen LogP contribution in [0.25, 0.3) is 0 Å². The average molecular weight is 202 g/mol. The summed E-state index contributed by atoms with van der Waals surface area (Å²) in [5.74, 6) is -1.31. The maximum atomic E-state index is 11.2. The summed E-state index contributed by atoms with van der Waals surface area (Å²) in [6.45, 7) is 3.54. The van der Waals surface area contributed by atoms with Gasteiger partial charge in [0.25, 0.3) is 0 Å². The normalized spacial score (nSPS) is 14.6. The maximum Gasteiger partial charge on any atom is 0.332 e. The molecule has 0 amide bonds. The van der Waals surface area contributed by atoms with E-state index < -0.39 is 24.0 Å². The molecule has 82 valence electrons. The van der Waals surface area contributed by atoms with E-state index in [2.05, 4.69) is 4.74 Å². The summed E-state index contributed by atoms with van der Waals surface area (Å²) < 4.78 is 4.45. The monoisotopic (exact) mass is 202 g/mol. The van der Waals surface area contributed by atoms with E-state index in [0.717, 1.165) is 6.42 Å². The summed E-state index contributed by atoms with van der Waals surface area (Å²) in [5.41, 5.74) is 11.1. The molecular formula is C9H18N2O3. The lowest BCUT2D eigenvalue weighted by atomic mass is 10.1. The van der Waals surface area contributed by atoms with Crippen molar-refractivity contribution in [2.45, 2.75) is 45.2 Å². The van der Waals surface area contributed by atoms with Gasteiger partial charge in [-0.2, -0.15) is 0 Å². The summed E-state index contributed by atoms with van der Waals surface area (Å²) in [5, 5.41) is 0. The highest BCUT2D eigenvalue weighted by Crippen LogP contribution is 2.00. The molecule has 0 aromatic rings. The number of hydrogen-bond donors (Lipinski definition) is 2. The summed E-state index contributed by atoms with van der Waals surface area (Å²) in [7, 11) is 0. The summed E-state index contributed by atoms with van der Waals surface area (Å²) >= 11 is 0. The van der Waals surface area contributed by atoms with Crippen LogP contribution in [0.3, 0.4) is 0 Å². The van der Waals surface area contributed by atoms with Crippen molar-refractivity contribution in [1.82, 2.24) is 0 Å². The van der Waals surface area contributed by atoms with Gasteiger partial charge in [0.1, 0.15) is 6.04 Å². The Hall–Kier alpha value is -0.940. The van der Waals surface area contributed by atoms with Crippen LogP contribution in [0.2, 0.25) is 0 Å². The Kier molecular flexibility index (Phi) is 6.07. The van der Waals surface area contributed by atoms with Gasteiger partial charge in [-0.15, -0.1) is 0 Å². The molecule has 0 aromatic carbocycles. The summed E-state index contributed by atoms with van der Waals surface area (Å²) in [6.07, 6.45) is 1.63. The third kappa shape index (κ3) is 4.34. The molecule has 14 heavy (non-hydrogen) atoms. The van der Waals surface area contributed by atoms with Crippen LogP contribution < -0.4 is 11.5 Å². The van der Waals surface area contributed by atoms with Gasteiger partial charge in [-0.25, -0.2) is 4.79 Å². The Morgan fingerprint density at radius 1 is 1.29 bits per heavy atom. The molecule has 0 aliphatic carbocycles. The van der Waals surface area contributed by atoms with Crippen LogP contribution in [0.15, 0.2) is 0 Å². The minimum Gasteiger partial charge on any atom is -0.392 e. The van der Waals surface area contributed by atoms with Crippen molar-refractivity contribution >= 4 is 11.9 Å². The predicted molar refractivity (Wildman–Crippen MR) is 52.2 cm³/mol. The molecule has 0 heterocycles. The van der Waals surface area contributed by atoms with E-state index in [1.165, 1.54) is 0 Å². The highest BCUT2D eigenvalue weighted by atomic mass is 16.6. The van der Waals surface area contributed by atoms with Crippen molar-refractivity contribution in [3.8, 4) is 0 Å². The molecule has 0 fully saturated rings. The number of carbonyl (C=O) groups excluding carboxylic acids is 2. The Morgan fingerprint density at radius 3 is 2.29 bits per heavy atom. The first-order chi connectivity index (χ1) is 6.52. The van der Waals surface area contributed by atoms with Crippen molar-refractivity contribution in [1.29, 1.82) is 0 Å². The molecule has 0 aromatic heterocycles. The number of rotatable bonds is 5. The van der Waals surface area contributed by atoms with Crippen molar-refractivity contribution in [3.05, 3.63) is 0 Å². The van der Waals surface area contributed by atoms with Crippen LogP contribution in [0.4, 0.5) is 0 Å². The number of nitrogens with two attached hydrogens (primary N) is 2. The van der Waals surface area contributed by atoms with Crippen LogP contribution in [-0.2, 0) is 14.3 Å². The van der Waals surface area contributed by atoms with Gasteiger partial charge in [-0.3, -0.25) is 4.79 Å². The molecule has 0 spiro atoms. The number of carbonyl (C=O) groups is 2. The Labute approximate surface area is 83.8 Å². The third-order valence-electron chi connectivity index (χ3n) is 1.86. The van der Waals surface area contributed by atoms with E-state index in [4.69, 9.17) is 11.5 Å². The van der Waals surface area contributed by atoms with Crippen molar-refractivity contribution < 1.29 is 14.3 Å². The van der Waals surface area contributed by atoms with Gasteiger partial charge in [-0.05, 0) is 6.42 Å². The highest BCUT2D eigenvalue weighted by molar-refractivity contribution is 5.88. The minimum atomic E-state index is -0.912. The molecular weight excluding hydrogens is 184 g/mol. The highest BCUT2D eigenvalue weighted by Gasteiger charge is 2.23. The fraction of sp³-hybridized carbons (Fsp3) is 0.778. The molecule has 1 unspecified atom stereocenters. The lowest BCUT2D eigenvalue weighted by Gasteiger charge is -2.16. The SMILES string of the molecule is CCCC(N)[C@H](N)C(=O)OC(=O)CC. The van der Waals surface area contributed by atoms with Gasteiger partial charge in [0.05, 0.1) is 0 Å². The second kappa shape index (κ2) is 6.50. The van der Waals surface area contributed by atoms with Crippen LogP contribution >= 0.6 is 0 Å². The van der Waals surface area contributed by atoms with Gasteiger partial charge in [0.15, 0.2) is 0 Å². The van der Waals surface area contributed by atoms with E-state index in [1.54, 1.807) is 6.92 Å². The van der Waals surface area contributed by atoms with Gasteiger partial charge in [0, 0.05) is 12.5 Å². The van der Waals surface area contributed by atoms with Gasteiger partial charge in [0.2, 0.25) is 0 Å². The standard InChI is InChI=1S/C9H18N2O3/c1-3-5-6(10)8(11)9(13)14-7(12)4-2/h6,8H,3-5,10-11H2,1-2H3/t6?,8-/m0/s1. The second-order valence-electron chi connectivity index (χ2n) is 3.12. The van der Waals surface area contributed by atoms with E-state index >= 15 is 0 Å². The molecule has 0 bridgehead atoms. The Bertz CT molecular complexity index is 206. The molecule has 5 heteroatoms. The average Bonchev–Trinajstić information content (AvgIpc) is 2.16. The van der Waals surface area contributed by atoms with E-state index in [0.29, 0.717) is 6.42 Å². The maximum absolute atomic E-state index is 11.2. The first kappa shape index (κ1) is 13.1. The van der Waals surface area contributed by atoms with E-state index in [-0.39, 0.29) is 6.42 Å². The summed E-state index contributed by atoms with van der Waals surface area (Å²) in [4.78, 5) is 21.9. The zero-order chi connectivity index (χ0) is 11.1. The molecule has 0 rings (SSSR count). The molecule has 2 atom stereocenters. The lowest BCUT2D eigenvalue weighted by molar-refractivity contribution is -0.160. The molecule has 0 saturated carbocycles. The van der Waals surface area contributed by atoms with E-state index in [1.807, 2.05) is 6.92 Å². The zero-order valence-corrected chi connectivity index (χ0v) is 8.66. The quantitative estimate of drug-likeness (QED) is 0.480. The van der Waals surface area contributed by atoms with Crippen molar-refractivity contribution in [2.24, 2.45) is 11.5 Å². The molecule has 0 saturated heterocycles. The Morgan fingerprint density at radius 2 is 1.86 bits per heavy atom. The van der Waals surface area contributed by atoms with Crippen LogP contribution in [0, 0.1) is 0 Å². The largest absolute Gasteiger partial charge is 0.392 e. The molecule has 4 N–H and O–H groups in total.